The summed E-state index contributed by atoms with van der Waals surface area (Å²) in [5.74, 6) is -1.47. The molecule has 0 amide bonds. The molecular weight excluding hydrogens is 546 g/mol. The van der Waals surface area contributed by atoms with E-state index in [-0.39, 0.29) is 36.2 Å². The van der Waals surface area contributed by atoms with Crippen LogP contribution in [0, 0.1) is 0 Å². The lowest BCUT2D eigenvalue weighted by atomic mass is 10.0. The Balaban J connectivity index is 4.33. The van der Waals surface area contributed by atoms with Gasteiger partial charge in [-0.05, 0) is 12.8 Å². The molecule has 0 aromatic carbocycles. The van der Waals surface area contributed by atoms with Gasteiger partial charge in [0.05, 0.1) is 34.4 Å². The van der Waals surface area contributed by atoms with Crippen LogP contribution in [0.15, 0.2) is 0 Å². The lowest BCUT2D eigenvalue weighted by molar-refractivity contribution is -0.887. The minimum atomic E-state index is -0.875. The highest BCUT2D eigenvalue weighted by molar-refractivity contribution is 5.72. The number of hydrogen-bond acceptors (Lipinski definition) is 6. The number of esters is 2. The maximum Gasteiger partial charge on any atom is 0.362 e. The number of ether oxygens (including phenoxy) is 3. The first-order chi connectivity index (χ1) is 20.6. The Morgan fingerprint density at radius 3 is 1.44 bits per heavy atom. The summed E-state index contributed by atoms with van der Waals surface area (Å²) in [6.45, 7) is 4.65. The second-order valence-electron chi connectivity index (χ2n) is 13.1. The highest BCUT2D eigenvalue weighted by Crippen LogP contribution is 2.14. The van der Waals surface area contributed by atoms with Crippen LogP contribution in [0.25, 0.3) is 0 Å². The molecule has 43 heavy (non-hydrogen) atoms. The van der Waals surface area contributed by atoms with Gasteiger partial charge in [0, 0.05) is 19.3 Å². The van der Waals surface area contributed by atoms with E-state index in [9.17, 15) is 19.5 Å². The number of nitrogens with zero attached hydrogens (tertiary/aromatic N) is 1. The van der Waals surface area contributed by atoms with Gasteiger partial charge in [-0.1, -0.05) is 123 Å². The number of carboxylic acids is 1. The molecule has 0 saturated heterocycles. The Morgan fingerprint density at radius 2 is 1.02 bits per heavy atom. The maximum absolute atomic E-state index is 12.6. The maximum atomic E-state index is 12.6. The van der Waals surface area contributed by atoms with Crippen LogP contribution in [-0.4, -0.2) is 80.6 Å². The summed E-state index contributed by atoms with van der Waals surface area (Å²) in [4.78, 5) is 36.4. The van der Waals surface area contributed by atoms with Gasteiger partial charge in [0.2, 0.25) is 0 Å². The van der Waals surface area contributed by atoms with Crippen LogP contribution in [0.2, 0.25) is 0 Å². The van der Waals surface area contributed by atoms with Gasteiger partial charge >= 0.3 is 17.9 Å². The highest BCUT2D eigenvalue weighted by Gasteiger charge is 2.31. The summed E-state index contributed by atoms with van der Waals surface area (Å²) in [7, 11) is 5.51. The number of carbonyl (C=O) groups is 3. The molecule has 8 heteroatoms. The minimum Gasteiger partial charge on any atom is -0.477 e. The zero-order chi connectivity index (χ0) is 32.2. The van der Waals surface area contributed by atoms with Gasteiger partial charge in [-0.15, -0.1) is 0 Å². The molecule has 0 bridgehead atoms. The van der Waals surface area contributed by atoms with Crippen LogP contribution in [0.1, 0.15) is 155 Å². The smallest absolute Gasteiger partial charge is 0.362 e. The van der Waals surface area contributed by atoms with Crippen LogP contribution in [0.5, 0.6) is 0 Å². The molecule has 8 nitrogen and oxygen atoms in total. The van der Waals surface area contributed by atoms with Gasteiger partial charge in [-0.2, -0.15) is 0 Å². The van der Waals surface area contributed by atoms with Crippen LogP contribution in [0.4, 0.5) is 0 Å². The summed E-state index contributed by atoms with van der Waals surface area (Å²) in [6.07, 6.45) is 23.1. The van der Waals surface area contributed by atoms with Gasteiger partial charge < -0.3 is 23.8 Å². The molecule has 0 saturated carbocycles. The van der Waals surface area contributed by atoms with Crippen molar-refractivity contribution in [2.75, 3.05) is 41.0 Å². The number of carboxylic acid groups (broad SMARTS) is 1. The largest absolute Gasteiger partial charge is 0.477 e. The van der Waals surface area contributed by atoms with Crippen molar-refractivity contribution in [1.29, 1.82) is 0 Å². The molecule has 0 aromatic rings. The first-order valence-electron chi connectivity index (χ1n) is 17.6. The Morgan fingerprint density at radius 1 is 0.605 bits per heavy atom. The predicted octanol–water partition coefficient (Wildman–Crippen LogP) is 8.24. The number of rotatable bonds is 31. The molecule has 0 rings (SSSR count). The minimum absolute atomic E-state index is 0.0457. The van der Waals surface area contributed by atoms with Gasteiger partial charge in [0.25, 0.3) is 0 Å². The average molecular weight is 615 g/mol. The second kappa shape index (κ2) is 27.8. The van der Waals surface area contributed by atoms with E-state index in [0.29, 0.717) is 19.3 Å². The zero-order valence-electron chi connectivity index (χ0n) is 28.7. The van der Waals surface area contributed by atoms with Gasteiger partial charge in [0.15, 0.2) is 12.1 Å². The fourth-order valence-electron chi connectivity index (χ4n) is 5.21. The van der Waals surface area contributed by atoms with E-state index in [2.05, 4.69) is 13.8 Å². The van der Waals surface area contributed by atoms with E-state index < -0.39 is 18.1 Å². The topological polar surface area (TPSA) is 99.1 Å². The van der Waals surface area contributed by atoms with Crippen molar-refractivity contribution in [3.63, 3.8) is 0 Å². The first-order valence-corrected chi connectivity index (χ1v) is 17.6. The Kier molecular flexibility index (Phi) is 26.8. The third kappa shape index (κ3) is 26.5. The van der Waals surface area contributed by atoms with E-state index in [1.807, 2.05) is 21.1 Å². The third-order valence-corrected chi connectivity index (χ3v) is 8.01. The quantitative estimate of drug-likeness (QED) is 0.0477. The van der Waals surface area contributed by atoms with E-state index in [4.69, 9.17) is 14.2 Å². The first kappa shape index (κ1) is 41.3. The third-order valence-electron chi connectivity index (χ3n) is 8.01. The highest BCUT2D eigenvalue weighted by atomic mass is 16.6. The number of hydrogen-bond donors (Lipinski definition) is 1. The van der Waals surface area contributed by atoms with Crippen molar-refractivity contribution < 1.29 is 38.2 Å². The fraction of sp³-hybridized carbons (Fsp3) is 0.914. The van der Waals surface area contributed by atoms with Crippen LogP contribution >= 0.6 is 0 Å². The fourth-order valence-corrected chi connectivity index (χ4v) is 5.21. The van der Waals surface area contributed by atoms with Crippen molar-refractivity contribution in [2.24, 2.45) is 0 Å². The molecule has 0 aliphatic carbocycles. The number of aliphatic carboxylic acids is 1. The molecule has 0 fully saturated rings. The summed E-state index contributed by atoms with van der Waals surface area (Å²) >= 11 is 0. The number of quaternary nitrogens is 1. The molecule has 254 valence electrons. The molecule has 0 spiro atoms. The molecule has 2 atom stereocenters. The Hall–Kier alpha value is -1.67. The Bertz CT molecular complexity index is 692. The van der Waals surface area contributed by atoms with Gasteiger partial charge in [-0.3, -0.25) is 9.59 Å². The second-order valence-corrected chi connectivity index (χ2v) is 13.1. The molecule has 0 heterocycles. The predicted molar refractivity (Wildman–Crippen MR) is 174 cm³/mol. The zero-order valence-corrected chi connectivity index (χ0v) is 28.7. The standard InChI is InChI=1S/C35H67NO7/c1-6-8-10-12-13-14-15-16-17-18-19-20-22-24-26-34(38)43-31(30-42-33(37)25-23-21-11-9-7-2)29-41-28-27-32(35(39)40)36(3,4)5/h31-32H,6-30H2,1-5H3/p+1. The molecule has 0 aromatic heterocycles. The number of unbranched alkanes of at least 4 members (excludes halogenated alkanes) is 17. The van der Waals surface area contributed by atoms with Crippen molar-refractivity contribution in [3.05, 3.63) is 0 Å². The average Bonchev–Trinajstić information content (AvgIpc) is 2.94. The summed E-state index contributed by atoms with van der Waals surface area (Å²) < 4.78 is 17.0. The van der Waals surface area contributed by atoms with Crippen molar-refractivity contribution in [1.82, 2.24) is 0 Å². The lowest BCUT2D eigenvalue weighted by Crippen LogP contribution is -2.50. The molecular formula is C35H68NO7+. The summed E-state index contributed by atoms with van der Waals surface area (Å²) in [5, 5.41) is 9.53. The monoisotopic (exact) mass is 614 g/mol. The van der Waals surface area contributed by atoms with E-state index in [0.717, 1.165) is 44.9 Å². The number of carbonyl (C=O) groups excluding carboxylic acids is 2. The van der Waals surface area contributed by atoms with E-state index >= 15 is 0 Å². The van der Waals surface area contributed by atoms with E-state index in [1.165, 1.54) is 77.0 Å². The molecule has 0 radical (unpaired) electrons. The van der Waals surface area contributed by atoms with Gasteiger partial charge in [-0.25, -0.2) is 4.79 Å². The molecule has 1 N–H and O–H groups in total. The van der Waals surface area contributed by atoms with Gasteiger partial charge in [0.1, 0.15) is 6.61 Å². The number of likely N-dealkylation sites (N-methyl/N-ethyl adjacent to an activating group) is 1. The molecule has 0 aliphatic heterocycles. The van der Waals surface area contributed by atoms with Crippen LogP contribution < -0.4 is 0 Å². The van der Waals surface area contributed by atoms with Crippen LogP contribution in [-0.2, 0) is 28.6 Å². The van der Waals surface area contributed by atoms with Crippen molar-refractivity contribution in [3.8, 4) is 0 Å². The van der Waals surface area contributed by atoms with Crippen molar-refractivity contribution >= 4 is 17.9 Å². The van der Waals surface area contributed by atoms with Crippen LogP contribution in [0.3, 0.4) is 0 Å². The molecule has 0 aliphatic rings. The lowest BCUT2D eigenvalue weighted by Gasteiger charge is -2.31. The SMILES string of the molecule is CCCCCCCCCCCCCCCCC(=O)OC(COCCC(C(=O)O)[N+](C)(C)C)COC(=O)CCCCCCC. The summed E-state index contributed by atoms with van der Waals surface area (Å²) in [6, 6.07) is -0.605. The Labute approximate surface area is 264 Å². The normalized spacial score (nSPS) is 13.0. The molecule has 2 unspecified atom stereocenters. The van der Waals surface area contributed by atoms with Crippen molar-refractivity contribution in [2.45, 2.75) is 167 Å². The van der Waals surface area contributed by atoms with E-state index in [1.54, 1.807) is 0 Å². The summed E-state index contributed by atoms with van der Waals surface area (Å²) in [5.41, 5.74) is 0.